The zero-order valence-electron chi connectivity index (χ0n) is 66.0. The van der Waals surface area contributed by atoms with Crippen LogP contribution in [0.2, 0.25) is 0 Å². The molecule has 0 aliphatic heterocycles. The fourth-order valence-electron chi connectivity index (χ4n) is 13.4. The summed E-state index contributed by atoms with van der Waals surface area (Å²) in [6, 6.07) is 0. The van der Waals surface area contributed by atoms with Crippen molar-refractivity contribution < 1.29 is 82.4 Å². The molecule has 0 bridgehead atoms. The molecule has 0 atom stereocenters. The molecule has 0 aromatic heterocycles. The normalized spacial score (nSPS) is 11.4. The molecule has 0 saturated heterocycles. The standard InChI is InChI=1S/C36H74N.2C16H34N.C10H21O.C6H13O.3ClH.2Ti/c1-3-5-7-9-11-13-15-17-19-21-23-25-27-29-31-33-35-37-36-34-32-30-28-26-24-22-20-18-16-14-12-10-8-6-4-2;2*1-3-5-7-9-11-13-15-17-16-14-12-10-8-6-4-2;1-2-3-4-5-6-7-8-9-10-11;1-2-3-4-5-6-7;;;;;/h3-36H2,1-2H3;2*3-16H2,1-2H3;2-10H2,1H3;2-6H2,1H3;3*1H;;/q5*-1;;;;+2;+3/p-3. The van der Waals surface area contributed by atoms with Gasteiger partial charge in [0, 0.05) is 0 Å². The van der Waals surface area contributed by atoms with E-state index in [0.717, 1.165) is 13.2 Å². The van der Waals surface area contributed by atoms with Crippen LogP contribution in [0.1, 0.15) is 492 Å². The van der Waals surface area contributed by atoms with E-state index in [1.165, 1.54) is 476 Å². The third-order valence-electron chi connectivity index (χ3n) is 19.8. The van der Waals surface area contributed by atoms with Gasteiger partial charge in [-0.1, -0.05) is 90.9 Å². The Labute approximate surface area is 632 Å². The molecule has 0 aliphatic carbocycles. The Morgan fingerprint density at radius 3 is 0.564 bits per heavy atom. The first kappa shape index (κ1) is 105. The van der Waals surface area contributed by atoms with Crippen molar-refractivity contribution in [2.45, 2.75) is 492 Å². The van der Waals surface area contributed by atoms with Crippen molar-refractivity contribution in [3.05, 3.63) is 0 Å². The van der Waals surface area contributed by atoms with Crippen LogP contribution in [0.4, 0.5) is 0 Å². The van der Waals surface area contributed by atoms with Crippen LogP contribution in [-0.2, 0) is 45.2 Å². The van der Waals surface area contributed by atoms with E-state index in [1.54, 1.807) is 0 Å². The van der Waals surface area contributed by atoms with E-state index < -0.39 is 18.8 Å². The Balaban J connectivity index is -0.000000550. The minimum Gasteiger partial charge on any atom is -1.00 e. The number of hydrogen-bond acceptors (Lipinski definition) is 5. The number of hydrogen-bond donors (Lipinski definition) is 0. The molecule has 0 unspecified atom stereocenters. The Morgan fingerprint density at radius 1 is 0.191 bits per heavy atom. The molecule has 10 heteroatoms. The van der Waals surface area contributed by atoms with Crippen LogP contribution in [0.25, 0.3) is 0 Å². The summed E-state index contributed by atoms with van der Waals surface area (Å²) in [7, 11) is 0. The molecule has 5 nitrogen and oxygen atoms in total. The third-order valence-corrected chi connectivity index (χ3v) is 25.2. The van der Waals surface area contributed by atoms with Crippen LogP contribution >= 0.6 is 0 Å². The van der Waals surface area contributed by atoms with E-state index in [-0.39, 0.29) is 57.0 Å². The van der Waals surface area contributed by atoms with Crippen molar-refractivity contribution in [1.82, 2.24) is 10.1 Å². The summed E-state index contributed by atoms with van der Waals surface area (Å²) in [5.41, 5.74) is 0. The second kappa shape index (κ2) is 97.2. The second-order valence-corrected chi connectivity index (χ2v) is 34.3. The molecule has 94 heavy (non-hydrogen) atoms. The molecule has 0 fully saturated rings. The summed E-state index contributed by atoms with van der Waals surface area (Å²) < 4.78 is 22.2. The molecule has 0 rings (SSSR count). The van der Waals surface area contributed by atoms with Crippen molar-refractivity contribution in [2.75, 3.05) is 52.5 Å². The first-order chi connectivity index (χ1) is 45.1. The van der Waals surface area contributed by atoms with Crippen LogP contribution < -0.4 is 37.2 Å². The van der Waals surface area contributed by atoms with Crippen molar-refractivity contribution in [3.63, 3.8) is 0 Å². The van der Waals surface area contributed by atoms with Crippen molar-refractivity contribution in [2.24, 2.45) is 0 Å². The SMILES string of the molecule is CCCCCCCCCCCCCCCCCC[N](CCCCCCCCCCCCCCCCCC)[Ti][O]CCCCCCCCCC.CCCCCCCC[N](CCCCCCCC)[Ti]([O]CCCCCC)[N](CCCCCCCC)CCCCCCCC.[Cl-].[Cl-].[Cl-]. The van der Waals surface area contributed by atoms with Gasteiger partial charge in [0.15, 0.2) is 0 Å². The Bertz CT molecular complexity index is 1150. The predicted octanol–water partition coefficient (Wildman–Crippen LogP) is 20.9. The van der Waals surface area contributed by atoms with Gasteiger partial charge in [-0.05, 0) is 0 Å². The van der Waals surface area contributed by atoms with E-state index >= 15 is 0 Å². The van der Waals surface area contributed by atoms with Crippen LogP contribution in [0, 0.1) is 0 Å². The summed E-state index contributed by atoms with van der Waals surface area (Å²) in [4.78, 5) is 0. The molecule has 0 aromatic carbocycles. The Kier molecular flexibility index (Phi) is 108. The van der Waals surface area contributed by atoms with Gasteiger partial charge in [0.1, 0.15) is 0 Å². The number of unbranched alkanes of at least 4 members (excludes halogenated alkanes) is 60. The first-order valence-corrected chi connectivity index (χ1v) is 46.6. The summed E-state index contributed by atoms with van der Waals surface area (Å²) >= 11 is -2.35. The molecular formula is C84H176Cl3N3O2Ti2-3. The van der Waals surface area contributed by atoms with Gasteiger partial charge in [0.2, 0.25) is 0 Å². The van der Waals surface area contributed by atoms with E-state index in [1.807, 2.05) is 0 Å². The van der Waals surface area contributed by atoms with Gasteiger partial charge in [-0.15, -0.1) is 0 Å². The summed E-state index contributed by atoms with van der Waals surface area (Å²) in [5, 5.41) is 0. The Morgan fingerprint density at radius 2 is 0.351 bits per heavy atom. The molecule has 0 radical (unpaired) electrons. The van der Waals surface area contributed by atoms with E-state index in [9.17, 15) is 0 Å². The quantitative estimate of drug-likeness (QED) is 0.0447. The van der Waals surface area contributed by atoms with Crippen LogP contribution in [0.5, 0.6) is 0 Å². The minimum absolute atomic E-state index is 0. The molecule has 0 heterocycles. The largest absolute Gasteiger partial charge is 1.00 e. The number of rotatable bonds is 81. The molecule has 0 amide bonds. The van der Waals surface area contributed by atoms with Gasteiger partial charge in [-0.2, -0.15) is 0 Å². The first-order valence-electron chi connectivity index (χ1n) is 43.2. The van der Waals surface area contributed by atoms with Crippen molar-refractivity contribution in [1.29, 1.82) is 0 Å². The Hall–Kier alpha value is 2.10. The molecule has 0 saturated carbocycles. The van der Waals surface area contributed by atoms with Crippen LogP contribution in [0.15, 0.2) is 0 Å². The molecular weight excluding hydrogens is 1290 g/mol. The van der Waals surface area contributed by atoms with E-state index in [2.05, 4.69) is 65.5 Å². The van der Waals surface area contributed by atoms with Gasteiger partial charge in [0.25, 0.3) is 0 Å². The van der Waals surface area contributed by atoms with Gasteiger partial charge in [0.05, 0.1) is 0 Å². The maximum Gasteiger partial charge on any atom is -1.00 e. The summed E-state index contributed by atoms with van der Waals surface area (Å²) in [6.07, 6.45) is 96.5. The van der Waals surface area contributed by atoms with Gasteiger partial charge >= 0.3 is 509 Å². The second-order valence-electron chi connectivity index (χ2n) is 29.2. The van der Waals surface area contributed by atoms with Crippen LogP contribution in [0.3, 0.4) is 0 Å². The van der Waals surface area contributed by atoms with Crippen molar-refractivity contribution in [3.8, 4) is 0 Å². The fourth-order valence-corrected chi connectivity index (χ4v) is 18.7. The molecule has 0 N–H and O–H groups in total. The molecule has 0 spiro atoms. The van der Waals surface area contributed by atoms with Gasteiger partial charge < -0.3 is 37.2 Å². The fraction of sp³-hybridized carbons (Fsp3) is 1.00. The molecule has 0 aromatic rings. The van der Waals surface area contributed by atoms with E-state index in [4.69, 9.17) is 6.64 Å². The molecule has 0 aliphatic rings. The van der Waals surface area contributed by atoms with Gasteiger partial charge in [-0.25, -0.2) is 0 Å². The average Bonchev–Trinajstić information content (AvgIpc) is 0.952. The number of nitrogens with zero attached hydrogens (tertiary/aromatic N) is 3. The zero-order valence-corrected chi connectivity index (χ0v) is 71.4. The smallest absolute Gasteiger partial charge is 1.00 e. The third kappa shape index (κ3) is 86.5. The zero-order chi connectivity index (χ0) is 66.2. The summed E-state index contributed by atoms with van der Waals surface area (Å²) in [5.74, 6) is 0. The predicted molar refractivity (Wildman–Crippen MR) is 406 cm³/mol. The average molecular weight is 1460 g/mol. The van der Waals surface area contributed by atoms with Crippen LogP contribution in [-0.4, -0.2) is 62.6 Å². The molecule has 571 valence electrons. The van der Waals surface area contributed by atoms with Crippen molar-refractivity contribution >= 4 is 0 Å². The van der Waals surface area contributed by atoms with Gasteiger partial charge in [-0.3, -0.25) is 0 Å². The minimum atomic E-state index is -1.97. The number of halogens is 3. The maximum atomic E-state index is 7.11. The van der Waals surface area contributed by atoms with E-state index in [0.29, 0.717) is 0 Å². The maximum absolute atomic E-state index is 7.11. The monoisotopic (exact) mass is 1460 g/mol. The topological polar surface area (TPSA) is 28.2 Å². The summed E-state index contributed by atoms with van der Waals surface area (Å²) in [6.45, 7) is 28.4.